The quantitative estimate of drug-likeness (QED) is 0.801. The molecular formula is C16H16BrNO4S. The Bertz CT molecular complexity index is 798. The second kappa shape index (κ2) is 6.72. The second-order valence-electron chi connectivity index (χ2n) is 5.08. The van der Waals surface area contributed by atoms with Gasteiger partial charge in [-0.25, -0.2) is 4.79 Å². The van der Waals surface area contributed by atoms with Crippen LogP contribution in [0.15, 0.2) is 16.6 Å². The van der Waals surface area contributed by atoms with Gasteiger partial charge in [0.15, 0.2) is 5.75 Å². The molecular weight excluding hydrogens is 382 g/mol. The van der Waals surface area contributed by atoms with Gasteiger partial charge in [0.1, 0.15) is 4.88 Å². The highest BCUT2D eigenvalue weighted by Crippen LogP contribution is 2.39. The number of methoxy groups -OCH3 is 1. The van der Waals surface area contributed by atoms with Gasteiger partial charge in [0.2, 0.25) is 0 Å². The first-order chi connectivity index (χ1) is 10.8. The van der Waals surface area contributed by atoms with E-state index in [0.29, 0.717) is 21.9 Å². The van der Waals surface area contributed by atoms with Gasteiger partial charge in [-0.15, -0.1) is 11.3 Å². The van der Waals surface area contributed by atoms with E-state index in [-0.39, 0.29) is 11.5 Å². The molecule has 1 amide bonds. The number of halogens is 1. The molecule has 0 radical (unpaired) electrons. The summed E-state index contributed by atoms with van der Waals surface area (Å²) < 4.78 is 6.03. The lowest BCUT2D eigenvalue weighted by Crippen LogP contribution is -2.13. The fourth-order valence-corrected chi connectivity index (χ4v) is 3.88. The van der Waals surface area contributed by atoms with Crippen molar-refractivity contribution in [3.63, 3.8) is 0 Å². The Morgan fingerprint density at radius 3 is 2.43 bits per heavy atom. The molecule has 0 aliphatic carbocycles. The number of carbonyl (C=O) groups is 2. The van der Waals surface area contributed by atoms with E-state index in [0.717, 1.165) is 14.9 Å². The summed E-state index contributed by atoms with van der Waals surface area (Å²) in [6, 6.07) is 3.22. The zero-order chi connectivity index (χ0) is 17.3. The summed E-state index contributed by atoms with van der Waals surface area (Å²) in [4.78, 5) is 25.1. The minimum atomic E-state index is -1.02. The third kappa shape index (κ3) is 3.40. The van der Waals surface area contributed by atoms with Gasteiger partial charge in [0, 0.05) is 10.6 Å². The maximum Gasteiger partial charge on any atom is 0.336 e. The van der Waals surface area contributed by atoms with E-state index in [1.54, 1.807) is 13.0 Å². The normalized spacial score (nSPS) is 10.5. The van der Waals surface area contributed by atoms with Crippen molar-refractivity contribution in [2.45, 2.75) is 20.8 Å². The molecule has 0 atom stereocenters. The average molecular weight is 398 g/mol. The van der Waals surface area contributed by atoms with Crippen LogP contribution in [0.25, 0.3) is 0 Å². The van der Waals surface area contributed by atoms with Crippen LogP contribution in [0.4, 0.5) is 5.69 Å². The minimum absolute atomic E-state index is 0.168. The van der Waals surface area contributed by atoms with Gasteiger partial charge < -0.3 is 15.2 Å². The maximum atomic E-state index is 12.5. The Hall–Kier alpha value is -1.86. The fraction of sp³-hybridized carbons (Fsp3) is 0.250. The highest BCUT2D eigenvalue weighted by Gasteiger charge is 2.22. The highest BCUT2D eigenvalue weighted by molar-refractivity contribution is 9.10. The van der Waals surface area contributed by atoms with E-state index >= 15 is 0 Å². The Balaban J connectivity index is 2.40. The highest BCUT2D eigenvalue weighted by atomic mass is 79.9. The molecule has 1 aromatic carbocycles. The van der Waals surface area contributed by atoms with E-state index in [2.05, 4.69) is 21.2 Å². The zero-order valence-electron chi connectivity index (χ0n) is 13.1. The number of anilines is 1. The van der Waals surface area contributed by atoms with E-state index in [1.807, 2.05) is 13.8 Å². The topological polar surface area (TPSA) is 75.6 Å². The molecule has 0 unspecified atom stereocenters. The number of carbonyl (C=O) groups excluding carboxylic acids is 1. The summed E-state index contributed by atoms with van der Waals surface area (Å²) in [5.74, 6) is -0.873. The summed E-state index contributed by atoms with van der Waals surface area (Å²) in [5, 5.41) is 12.0. The number of carboxylic acids is 1. The van der Waals surface area contributed by atoms with Crippen molar-refractivity contribution in [2.75, 3.05) is 12.4 Å². The number of benzene rings is 1. The number of rotatable bonds is 4. The lowest BCUT2D eigenvalue weighted by Gasteiger charge is -2.11. The molecule has 2 aromatic rings. The molecule has 122 valence electrons. The molecule has 1 aromatic heterocycles. The summed E-state index contributed by atoms with van der Waals surface area (Å²) in [5.41, 5.74) is 2.09. The fourth-order valence-electron chi connectivity index (χ4n) is 2.23. The van der Waals surface area contributed by atoms with Gasteiger partial charge in [-0.3, -0.25) is 4.79 Å². The van der Waals surface area contributed by atoms with Crippen molar-refractivity contribution in [2.24, 2.45) is 0 Å². The molecule has 0 spiro atoms. The smallest absolute Gasteiger partial charge is 0.336 e. The minimum Gasteiger partial charge on any atom is -0.494 e. The van der Waals surface area contributed by atoms with Gasteiger partial charge in [-0.2, -0.15) is 0 Å². The predicted octanol–water partition coefficient (Wildman–Crippen LogP) is 4.39. The Morgan fingerprint density at radius 1 is 1.22 bits per heavy atom. The average Bonchev–Trinajstić information content (AvgIpc) is 2.76. The van der Waals surface area contributed by atoms with Crippen LogP contribution in [0, 0.1) is 20.8 Å². The molecule has 2 rings (SSSR count). The van der Waals surface area contributed by atoms with Crippen LogP contribution in [-0.4, -0.2) is 24.1 Å². The number of hydrogen-bond donors (Lipinski definition) is 2. The summed E-state index contributed by atoms with van der Waals surface area (Å²) in [6.45, 7) is 5.43. The number of carboxylic acid groups (broad SMARTS) is 1. The molecule has 1 heterocycles. The van der Waals surface area contributed by atoms with Crippen molar-refractivity contribution in [3.8, 4) is 5.75 Å². The Morgan fingerprint density at radius 2 is 1.87 bits per heavy atom. The van der Waals surface area contributed by atoms with Crippen molar-refractivity contribution >= 4 is 44.8 Å². The molecule has 2 N–H and O–H groups in total. The van der Waals surface area contributed by atoms with E-state index in [1.165, 1.54) is 24.5 Å². The van der Waals surface area contributed by atoms with Gasteiger partial charge in [0.05, 0.1) is 17.1 Å². The summed E-state index contributed by atoms with van der Waals surface area (Å²) in [7, 11) is 1.50. The van der Waals surface area contributed by atoms with Crippen LogP contribution in [0.5, 0.6) is 5.75 Å². The number of amides is 1. The Kier molecular flexibility index (Phi) is 5.11. The third-order valence-corrected chi connectivity index (χ3v) is 5.73. The van der Waals surface area contributed by atoms with E-state index < -0.39 is 5.97 Å². The van der Waals surface area contributed by atoms with E-state index in [9.17, 15) is 14.7 Å². The number of nitrogens with one attached hydrogen (secondary N) is 1. The maximum absolute atomic E-state index is 12.5. The van der Waals surface area contributed by atoms with E-state index in [4.69, 9.17) is 4.74 Å². The molecule has 0 bridgehead atoms. The van der Waals surface area contributed by atoms with Crippen LogP contribution in [-0.2, 0) is 0 Å². The van der Waals surface area contributed by atoms with Gasteiger partial charge in [-0.05, 0) is 53.9 Å². The standard InChI is InChI=1S/C16H16BrNO4S/c1-7-5-8(2)11(6-10(7)16(20)21)18-15(19)14-13(22-4)12(17)9(3)23-14/h5-6H,1-4H3,(H,18,19)(H,20,21). The lowest BCUT2D eigenvalue weighted by atomic mass is 10.0. The van der Waals surface area contributed by atoms with Crippen LogP contribution < -0.4 is 10.1 Å². The van der Waals surface area contributed by atoms with Crippen LogP contribution in [0.2, 0.25) is 0 Å². The monoisotopic (exact) mass is 397 g/mol. The summed E-state index contributed by atoms with van der Waals surface area (Å²) >= 11 is 4.71. The zero-order valence-corrected chi connectivity index (χ0v) is 15.5. The molecule has 7 heteroatoms. The molecule has 0 saturated heterocycles. The van der Waals surface area contributed by atoms with Crippen molar-refractivity contribution in [1.29, 1.82) is 0 Å². The SMILES string of the molecule is COc1c(C(=O)Nc2cc(C(=O)O)c(C)cc2C)sc(C)c1Br. The number of aromatic carboxylic acids is 1. The van der Waals surface area contributed by atoms with Crippen LogP contribution in [0.1, 0.15) is 36.0 Å². The third-order valence-electron chi connectivity index (χ3n) is 3.43. The van der Waals surface area contributed by atoms with Crippen LogP contribution >= 0.6 is 27.3 Å². The molecule has 5 nitrogen and oxygen atoms in total. The van der Waals surface area contributed by atoms with Gasteiger partial charge >= 0.3 is 5.97 Å². The molecule has 0 aliphatic heterocycles. The first kappa shape index (κ1) is 17.5. The van der Waals surface area contributed by atoms with Crippen LogP contribution in [0.3, 0.4) is 0 Å². The first-order valence-corrected chi connectivity index (χ1v) is 8.36. The van der Waals surface area contributed by atoms with Gasteiger partial charge in [-0.1, -0.05) is 6.07 Å². The van der Waals surface area contributed by atoms with Crippen molar-refractivity contribution in [3.05, 3.63) is 43.1 Å². The molecule has 0 aliphatic rings. The summed E-state index contributed by atoms with van der Waals surface area (Å²) in [6.07, 6.45) is 0. The number of hydrogen-bond acceptors (Lipinski definition) is 4. The van der Waals surface area contributed by atoms with Gasteiger partial charge in [0.25, 0.3) is 5.91 Å². The predicted molar refractivity (Wildman–Crippen MR) is 94.1 cm³/mol. The largest absolute Gasteiger partial charge is 0.494 e. The first-order valence-electron chi connectivity index (χ1n) is 6.75. The van der Waals surface area contributed by atoms with Crippen molar-refractivity contribution < 1.29 is 19.4 Å². The number of thiophene rings is 1. The van der Waals surface area contributed by atoms with Crippen molar-refractivity contribution in [1.82, 2.24) is 0 Å². The number of ether oxygens (including phenoxy) is 1. The lowest BCUT2D eigenvalue weighted by molar-refractivity contribution is 0.0695. The molecule has 0 fully saturated rings. The number of aryl methyl sites for hydroxylation is 3. The molecule has 23 heavy (non-hydrogen) atoms. The second-order valence-corrected chi connectivity index (χ2v) is 7.09. The Labute approximate surface area is 146 Å². The molecule has 0 saturated carbocycles.